The van der Waals surface area contributed by atoms with Crippen LogP contribution < -0.4 is 5.32 Å². The van der Waals surface area contributed by atoms with Gasteiger partial charge in [-0.1, -0.05) is 33.1 Å². The van der Waals surface area contributed by atoms with Crippen molar-refractivity contribution in [2.45, 2.75) is 77.8 Å². The molecule has 1 fully saturated rings. The van der Waals surface area contributed by atoms with Crippen LogP contribution in [0.3, 0.4) is 0 Å². The van der Waals surface area contributed by atoms with E-state index < -0.39 is 0 Å². The molecule has 2 atom stereocenters. The molecule has 1 aliphatic heterocycles. The summed E-state index contributed by atoms with van der Waals surface area (Å²) in [7, 11) is 0. The maximum Gasteiger partial charge on any atom is 0.0169 e. The van der Waals surface area contributed by atoms with E-state index in [9.17, 15) is 0 Å². The summed E-state index contributed by atoms with van der Waals surface area (Å²) >= 11 is 0. The SMILES string of the molecule is CCCCC(CC)NC(C)CN1CCCCC1. The minimum atomic E-state index is 0.648. The van der Waals surface area contributed by atoms with Crippen LogP contribution in [0.2, 0.25) is 0 Å². The maximum atomic E-state index is 3.81. The standard InChI is InChI=1S/C15H32N2/c1-4-6-10-15(5-2)16-14(3)13-17-11-8-7-9-12-17/h14-16H,4-13H2,1-3H3. The van der Waals surface area contributed by atoms with Gasteiger partial charge in [-0.2, -0.15) is 0 Å². The molecule has 0 bridgehead atoms. The molecule has 0 aromatic carbocycles. The first-order chi connectivity index (χ1) is 8.26. The van der Waals surface area contributed by atoms with Gasteiger partial charge in [0.1, 0.15) is 0 Å². The number of piperidine rings is 1. The third kappa shape index (κ3) is 6.42. The summed E-state index contributed by atoms with van der Waals surface area (Å²) in [5.41, 5.74) is 0. The van der Waals surface area contributed by atoms with Crippen LogP contribution in [0, 0.1) is 0 Å². The predicted molar refractivity (Wildman–Crippen MR) is 76.5 cm³/mol. The first-order valence-corrected chi connectivity index (χ1v) is 7.74. The van der Waals surface area contributed by atoms with Gasteiger partial charge in [0.05, 0.1) is 0 Å². The van der Waals surface area contributed by atoms with Crippen molar-refractivity contribution in [2.75, 3.05) is 19.6 Å². The lowest BCUT2D eigenvalue weighted by atomic mass is 10.1. The molecule has 2 heteroatoms. The molecule has 0 radical (unpaired) electrons. The fourth-order valence-electron chi connectivity index (χ4n) is 2.84. The van der Waals surface area contributed by atoms with Gasteiger partial charge in [0.15, 0.2) is 0 Å². The fourth-order valence-corrected chi connectivity index (χ4v) is 2.84. The molecule has 2 unspecified atom stereocenters. The quantitative estimate of drug-likeness (QED) is 0.699. The number of unbranched alkanes of at least 4 members (excludes halogenated alkanes) is 1. The van der Waals surface area contributed by atoms with Gasteiger partial charge in [0.25, 0.3) is 0 Å². The molecule has 0 aromatic heterocycles. The lowest BCUT2D eigenvalue weighted by Gasteiger charge is -2.31. The van der Waals surface area contributed by atoms with Crippen LogP contribution in [0.15, 0.2) is 0 Å². The molecule has 17 heavy (non-hydrogen) atoms. The van der Waals surface area contributed by atoms with Crippen LogP contribution in [-0.2, 0) is 0 Å². The Bertz CT molecular complexity index is 176. The zero-order valence-corrected chi connectivity index (χ0v) is 12.2. The van der Waals surface area contributed by atoms with E-state index >= 15 is 0 Å². The van der Waals surface area contributed by atoms with Crippen LogP contribution in [0.5, 0.6) is 0 Å². The van der Waals surface area contributed by atoms with E-state index in [-0.39, 0.29) is 0 Å². The van der Waals surface area contributed by atoms with Crippen molar-refractivity contribution in [3.63, 3.8) is 0 Å². The number of nitrogens with zero attached hydrogens (tertiary/aromatic N) is 1. The van der Waals surface area contributed by atoms with Crippen molar-refractivity contribution in [1.82, 2.24) is 10.2 Å². The summed E-state index contributed by atoms with van der Waals surface area (Å²) in [5.74, 6) is 0. The Morgan fingerprint density at radius 1 is 1.12 bits per heavy atom. The lowest BCUT2D eigenvalue weighted by molar-refractivity contribution is 0.202. The predicted octanol–water partition coefficient (Wildman–Crippen LogP) is 3.42. The van der Waals surface area contributed by atoms with Gasteiger partial charge >= 0.3 is 0 Å². The number of nitrogens with one attached hydrogen (secondary N) is 1. The van der Waals surface area contributed by atoms with Crippen LogP contribution in [0.25, 0.3) is 0 Å². The van der Waals surface area contributed by atoms with Gasteiger partial charge in [-0.05, 0) is 45.7 Å². The Kier molecular flexibility index (Phi) is 7.87. The minimum Gasteiger partial charge on any atom is -0.310 e. The molecule has 1 N–H and O–H groups in total. The number of likely N-dealkylation sites (tertiary alicyclic amines) is 1. The molecule has 0 amide bonds. The second-order valence-corrected chi connectivity index (χ2v) is 5.68. The number of rotatable bonds is 8. The minimum absolute atomic E-state index is 0.648. The summed E-state index contributed by atoms with van der Waals surface area (Å²) in [4.78, 5) is 2.63. The molecule has 0 spiro atoms. The first kappa shape index (κ1) is 15.0. The smallest absolute Gasteiger partial charge is 0.0169 e. The maximum absolute atomic E-state index is 3.81. The Morgan fingerprint density at radius 3 is 2.41 bits per heavy atom. The molecular weight excluding hydrogens is 208 g/mol. The monoisotopic (exact) mass is 240 g/mol. The van der Waals surface area contributed by atoms with Gasteiger partial charge < -0.3 is 10.2 Å². The molecule has 2 nitrogen and oxygen atoms in total. The van der Waals surface area contributed by atoms with Gasteiger partial charge in [-0.25, -0.2) is 0 Å². The van der Waals surface area contributed by atoms with E-state index in [1.165, 1.54) is 64.6 Å². The Morgan fingerprint density at radius 2 is 1.82 bits per heavy atom. The Hall–Kier alpha value is -0.0800. The number of hydrogen-bond donors (Lipinski definition) is 1. The van der Waals surface area contributed by atoms with Crippen LogP contribution in [-0.4, -0.2) is 36.6 Å². The largest absolute Gasteiger partial charge is 0.310 e. The van der Waals surface area contributed by atoms with Crippen molar-refractivity contribution in [2.24, 2.45) is 0 Å². The molecule has 1 saturated heterocycles. The van der Waals surface area contributed by atoms with E-state index in [0.29, 0.717) is 6.04 Å². The van der Waals surface area contributed by atoms with E-state index in [1.54, 1.807) is 0 Å². The average Bonchev–Trinajstić information content (AvgIpc) is 2.35. The highest BCUT2D eigenvalue weighted by Crippen LogP contribution is 2.10. The zero-order valence-electron chi connectivity index (χ0n) is 12.2. The van der Waals surface area contributed by atoms with Crippen LogP contribution in [0.4, 0.5) is 0 Å². The summed E-state index contributed by atoms with van der Waals surface area (Å²) < 4.78 is 0. The molecule has 0 aromatic rings. The molecule has 0 saturated carbocycles. The second-order valence-electron chi connectivity index (χ2n) is 5.68. The van der Waals surface area contributed by atoms with E-state index in [4.69, 9.17) is 0 Å². The van der Waals surface area contributed by atoms with Crippen molar-refractivity contribution < 1.29 is 0 Å². The topological polar surface area (TPSA) is 15.3 Å². The average molecular weight is 240 g/mol. The molecule has 102 valence electrons. The third-order valence-corrected chi connectivity index (χ3v) is 3.90. The van der Waals surface area contributed by atoms with Crippen LogP contribution >= 0.6 is 0 Å². The van der Waals surface area contributed by atoms with Crippen molar-refractivity contribution in [3.05, 3.63) is 0 Å². The number of hydrogen-bond acceptors (Lipinski definition) is 2. The van der Waals surface area contributed by atoms with Crippen molar-refractivity contribution >= 4 is 0 Å². The van der Waals surface area contributed by atoms with Crippen molar-refractivity contribution in [3.8, 4) is 0 Å². The highest BCUT2D eigenvalue weighted by Gasteiger charge is 2.15. The van der Waals surface area contributed by atoms with E-state index in [1.807, 2.05) is 0 Å². The molecule has 1 heterocycles. The molecule has 1 rings (SSSR count). The normalized spacial score (nSPS) is 21.4. The highest BCUT2D eigenvalue weighted by molar-refractivity contribution is 4.75. The van der Waals surface area contributed by atoms with Crippen LogP contribution in [0.1, 0.15) is 65.7 Å². The van der Waals surface area contributed by atoms with Gasteiger partial charge in [-0.3, -0.25) is 0 Å². The van der Waals surface area contributed by atoms with E-state index in [2.05, 4.69) is 31.0 Å². The third-order valence-electron chi connectivity index (χ3n) is 3.90. The molecular formula is C15H32N2. The Balaban J connectivity index is 2.18. The van der Waals surface area contributed by atoms with Gasteiger partial charge in [0, 0.05) is 18.6 Å². The molecule has 1 aliphatic rings. The molecule has 0 aliphatic carbocycles. The highest BCUT2D eigenvalue weighted by atomic mass is 15.2. The summed E-state index contributed by atoms with van der Waals surface area (Å²) in [6.07, 6.45) is 9.54. The van der Waals surface area contributed by atoms with E-state index in [0.717, 1.165) is 6.04 Å². The second kappa shape index (κ2) is 8.93. The first-order valence-electron chi connectivity index (χ1n) is 7.74. The van der Waals surface area contributed by atoms with Crippen molar-refractivity contribution in [1.29, 1.82) is 0 Å². The van der Waals surface area contributed by atoms with Gasteiger partial charge in [0.2, 0.25) is 0 Å². The van der Waals surface area contributed by atoms with Gasteiger partial charge in [-0.15, -0.1) is 0 Å². The summed E-state index contributed by atoms with van der Waals surface area (Å²) in [5, 5.41) is 3.81. The summed E-state index contributed by atoms with van der Waals surface area (Å²) in [6, 6.07) is 1.38. The zero-order chi connectivity index (χ0) is 12.5. The Labute approximate surface area is 108 Å². The fraction of sp³-hybridized carbons (Fsp3) is 1.00. The summed E-state index contributed by atoms with van der Waals surface area (Å²) in [6.45, 7) is 10.8. The lowest BCUT2D eigenvalue weighted by Crippen LogP contribution is -2.45.